The third-order valence-corrected chi connectivity index (χ3v) is 4.38. The largest absolute Gasteiger partial charge is 0.335 e. The SMILES string of the molecule is O=C(Nc1ccc(NC(=O)c2ccccc2)cc1)NC1CCCCC1. The third-order valence-electron chi connectivity index (χ3n) is 4.38. The maximum atomic E-state index is 12.1. The van der Waals surface area contributed by atoms with Crippen molar-refractivity contribution in [3.63, 3.8) is 0 Å². The molecule has 5 nitrogen and oxygen atoms in total. The van der Waals surface area contributed by atoms with Gasteiger partial charge in [-0.15, -0.1) is 0 Å². The highest BCUT2D eigenvalue weighted by atomic mass is 16.2. The van der Waals surface area contributed by atoms with Gasteiger partial charge in [0.05, 0.1) is 0 Å². The summed E-state index contributed by atoms with van der Waals surface area (Å²) in [5.74, 6) is -0.156. The number of nitrogens with one attached hydrogen (secondary N) is 3. The molecule has 2 aromatic rings. The van der Waals surface area contributed by atoms with Crippen molar-refractivity contribution in [3.8, 4) is 0 Å². The number of rotatable bonds is 4. The Morgan fingerprint density at radius 1 is 0.760 bits per heavy atom. The molecule has 1 aliphatic carbocycles. The summed E-state index contributed by atoms with van der Waals surface area (Å²) >= 11 is 0. The zero-order chi connectivity index (χ0) is 17.5. The summed E-state index contributed by atoms with van der Waals surface area (Å²) in [6, 6.07) is 16.3. The summed E-state index contributed by atoms with van der Waals surface area (Å²) in [7, 11) is 0. The van der Waals surface area contributed by atoms with Gasteiger partial charge in [-0.1, -0.05) is 37.5 Å². The van der Waals surface area contributed by atoms with Gasteiger partial charge in [0.25, 0.3) is 5.91 Å². The molecule has 3 amide bonds. The molecule has 0 atom stereocenters. The molecule has 130 valence electrons. The van der Waals surface area contributed by atoms with Crippen LogP contribution in [0.5, 0.6) is 0 Å². The number of carbonyl (C=O) groups excluding carboxylic acids is 2. The van der Waals surface area contributed by atoms with Gasteiger partial charge < -0.3 is 16.0 Å². The Labute approximate surface area is 147 Å². The number of anilines is 2. The van der Waals surface area contributed by atoms with Crippen molar-refractivity contribution in [1.29, 1.82) is 0 Å². The van der Waals surface area contributed by atoms with Gasteiger partial charge in [0.1, 0.15) is 0 Å². The fourth-order valence-corrected chi connectivity index (χ4v) is 3.03. The average Bonchev–Trinajstić information content (AvgIpc) is 2.65. The van der Waals surface area contributed by atoms with Crippen LogP contribution in [-0.4, -0.2) is 18.0 Å². The number of carbonyl (C=O) groups is 2. The molecular weight excluding hydrogens is 314 g/mol. The quantitative estimate of drug-likeness (QED) is 0.774. The topological polar surface area (TPSA) is 70.2 Å². The van der Waals surface area contributed by atoms with Gasteiger partial charge in [0.2, 0.25) is 0 Å². The molecular formula is C20H23N3O2. The Bertz CT molecular complexity index is 707. The van der Waals surface area contributed by atoms with E-state index in [2.05, 4.69) is 16.0 Å². The molecule has 0 aliphatic heterocycles. The molecule has 0 aromatic heterocycles. The Kier molecular flexibility index (Phi) is 5.67. The van der Waals surface area contributed by atoms with Crippen molar-refractivity contribution >= 4 is 23.3 Å². The van der Waals surface area contributed by atoms with E-state index >= 15 is 0 Å². The predicted molar refractivity (Wildman–Crippen MR) is 99.9 cm³/mol. The number of urea groups is 1. The van der Waals surface area contributed by atoms with Crippen LogP contribution >= 0.6 is 0 Å². The van der Waals surface area contributed by atoms with Crippen LogP contribution in [0, 0.1) is 0 Å². The van der Waals surface area contributed by atoms with Gasteiger partial charge in [-0.25, -0.2) is 4.79 Å². The first kappa shape index (κ1) is 17.0. The van der Waals surface area contributed by atoms with Crippen molar-refractivity contribution in [2.75, 3.05) is 10.6 Å². The minimum absolute atomic E-state index is 0.156. The van der Waals surface area contributed by atoms with E-state index in [0.29, 0.717) is 16.9 Å². The van der Waals surface area contributed by atoms with Crippen LogP contribution in [0.25, 0.3) is 0 Å². The number of benzene rings is 2. The van der Waals surface area contributed by atoms with Crippen molar-refractivity contribution in [2.45, 2.75) is 38.1 Å². The van der Waals surface area contributed by atoms with E-state index in [1.807, 2.05) is 18.2 Å². The molecule has 25 heavy (non-hydrogen) atoms. The molecule has 0 radical (unpaired) electrons. The summed E-state index contributed by atoms with van der Waals surface area (Å²) in [5.41, 5.74) is 2.00. The second kappa shape index (κ2) is 8.33. The standard InChI is InChI=1S/C20H23N3O2/c24-19(15-7-3-1-4-8-15)21-17-11-13-18(14-12-17)23-20(25)22-16-9-5-2-6-10-16/h1,3-4,7-8,11-14,16H,2,5-6,9-10H2,(H,21,24)(H2,22,23,25). The average molecular weight is 337 g/mol. The van der Waals surface area contributed by atoms with Crippen molar-refractivity contribution in [3.05, 3.63) is 60.2 Å². The zero-order valence-electron chi connectivity index (χ0n) is 14.1. The summed E-state index contributed by atoms with van der Waals surface area (Å²) in [6.45, 7) is 0. The minimum atomic E-state index is -0.173. The monoisotopic (exact) mass is 337 g/mol. The van der Waals surface area contributed by atoms with Crippen molar-refractivity contribution in [2.24, 2.45) is 0 Å². The van der Waals surface area contributed by atoms with Gasteiger partial charge in [0, 0.05) is 23.0 Å². The van der Waals surface area contributed by atoms with Gasteiger partial charge in [0.15, 0.2) is 0 Å². The maximum Gasteiger partial charge on any atom is 0.319 e. The van der Waals surface area contributed by atoms with Crippen LogP contribution < -0.4 is 16.0 Å². The zero-order valence-corrected chi connectivity index (χ0v) is 14.1. The lowest BCUT2D eigenvalue weighted by Gasteiger charge is -2.22. The fourth-order valence-electron chi connectivity index (χ4n) is 3.03. The summed E-state index contributed by atoms with van der Waals surface area (Å²) in [6.07, 6.45) is 5.73. The lowest BCUT2D eigenvalue weighted by Crippen LogP contribution is -2.38. The van der Waals surface area contributed by atoms with E-state index < -0.39 is 0 Å². The fraction of sp³-hybridized carbons (Fsp3) is 0.300. The molecule has 1 aliphatic rings. The summed E-state index contributed by atoms with van der Waals surface area (Å²) < 4.78 is 0. The molecule has 0 bridgehead atoms. The van der Waals surface area contributed by atoms with E-state index in [-0.39, 0.29) is 18.0 Å². The van der Waals surface area contributed by atoms with Crippen LogP contribution in [0.1, 0.15) is 42.5 Å². The van der Waals surface area contributed by atoms with Gasteiger partial charge >= 0.3 is 6.03 Å². The van der Waals surface area contributed by atoms with E-state index in [1.165, 1.54) is 19.3 Å². The molecule has 3 N–H and O–H groups in total. The highest BCUT2D eigenvalue weighted by molar-refractivity contribution is 6.04. The molecule has 0 heterocycles. The minimum Gasteiger partial charge on any atom is -0.335 e. The molecule has 3 rings (SSSR count). The van der Waals surface area contributed by atoms with Crippen LogP contribution in [0.3, 0.4) is 0 Å². The molecule has 2 aromatic carbocycles. The third kappa shape index (κ3) is 5.08. The molecule has 0 spiro atoms. The predicted octanol–water partition coefficient (Wildman–Crippen LogP) is 4.39. The number of hydrogen-bond donors (Lipinski definition) is 3. The number of amides is 3. The number of hydrogen-bond acceptors (Lipinski definition) is 2. The van der Waals surface area contributed by atoms with E-state index in [1.54, 1.807) is 36.4 Å². The second-order valence-corrected chi connectivity index (χ2v) is 6.33. The van der Waals surface area contributed by atoms with Gasteiger partial charge in [-0.3, -0.25) is 4.79 Å². The van der Waals surface area contributed by atoms with Gasteiger partial charge in [-0.2, -0.15) is 0 Å². The van der Waals surface area contributed by atoms with Gasteiger partial charge in [-0.05, 0) is 49.2 Å². The summed E-state index contributed by atoms with van der Waals surface area (Å²) in [5, 5.41) is 8.69. The van der Waals surface area contributed by atoms with Crippen molar-refractivity contribution in [1.82, 2.24) is 5.32 Å². The second-order valence-electron chi connectivity index (χ2n) is 6.33. The first-order chi connectivity index (χ1) is 12.2. The maximum absolute atomic E-state index is 12.1. The Balaban J connectivity index is 1.51. The molecule has 5 heteroatoms. The molecule has 0 saturated heterocycles. The van der Waals surface area contributed by atoms with Crippen LogP contribution in [0.4, 0.5) is 16.2 Å². The molecule has 1 fully saturated rings. The first-order valence-electron chi connectivity index (χ1n) is 8.75. The van der Waals surface area contributed by atoms with Crippen LogP contribution in [0.2, 0.25) is 0 Å². The molecule has 0 unspecified atom stereocenters. The van der Waals surface area contributed by atoms with Crippen LogP contribution in [-0.2, 0) is 0 Å². The van der Waals surface area contributed by atoms with E-state index in [4.69, 9.17) is 0 Å². The van der Waals surface area contributed by atoms with E-state index in [9.17, 15) is 9.59 Å². The highest BCUT2D eigenvalue weighted by Crippen LogP contribution is 2.18. The Morgan fingerprint density at radius 3 is 2.00 bits per heavy atom. The Morgan fingerprint density at radius 2 is 1.36 bits per heavy atom. The van der Waals surface area contributed by atoms with Crippen LogP contribution in [0.15, 0.2) is 54.6 Å². The lowest BCUT2D eigenvalue weighted by atomic mass is 9.96. The summed E-state index contributed by atoms with van der Waals surface area (Å²) in [4.78, 5) is 24.1. The van der Waals surface area contributed by atoms with Crippen molar-refractivity contribution < 1.29 is 9.59 Å². The van der Waals surface area contributed by atoms with E-state index in [0.717, 1.165) is 12.8 Å². The normalized spacial score (nSPS) is 14.6. The molecule has 1 saturated carbocycles. The smallest absolute Gasteiger partial charge is 0.319 e. The lowest BCUT2D eigenvalue weighted by molar-refractivity contribution is 0.102. The Hall–Kier alpha value is -2.82. The first-order valence-corrected chi connectivity index (χ1v) is 8.75. The highest BCUT2D eigenvalue weighted by Gasteiger charge is 2.15.